The second-order valence-corrected chi connectivity index (χ2v) is 4.18. The predicted molar refractivity (Wildman–Crippen MR) is 72.0 cm³/mol. The molecule has 0 fully saturated rings. The van der Waals surface area contributed by atoms with E-state index in [-0.39, 0.29) is 5.56 Å². The number of halogens is 1. The number of benzene rings is 1. The number of urea groups is 1. The van der Waals surface area contributed by atoms with Crippen molar-refractivity contribution in [3.8, 4) is 0 Å². The molecule has 0 bridgehead atoms. The molecule has 4 amide bonds. The Bertz CT molecular complexity index is 605. The van der Waals surface area contributed by atoms with E-state index in [1.165, 1.54) is 25.1 Å². The van der Waals surface area contributed by atoms with Crippen LogP contribution in [-0.2, 0) is 14.3 Å². The van der Waals surface area contributed by atoms with Gasteiger partial charge in [0.05, 0.1) is 0 Å². The summed E-state index contributed by atoms with van der Waals surface area (Å²) >= 11 is 0. The van der Waals surface area contributed by atoms with Gasteiger partial charge in [-0.2, -0.15) is 0 Å². The number of hydrogen-bond donors (Lipinski definition) is 3. The zero-order valence-electron chi connectivity index (χ0n) is 11.6. The van der Waals surface area contributed by atoms with Gasteiger partial charge >= 0.3 is 12.0 Å². The molecule has 4 N–H and O–H groups in total. The summed E-state index contributed by atoms with van der Waals surface area (Å²) in [6, 6.07) is 3.81. The van der Waals surface area contributed by atoms with Crippen molar-refractivity contribution in [2.24, 2.45) is 5.73 Å². The number of esters is 1. The lowest BCUT2D eigenvalue weighted by molar-refractivity contribution is -0.153. The number of imide groups is 1. The van der Waals surface area contributed by atoms with E-state index in [1.807, 2.05) is 0 Å². The minimum atomic E-state index is -1.26. The summed E-state index contributed by atoms with van der Waals surface area (Å²) in [5.41, 5.74) is 4.77. The first-order valence-electron chi connectivity index (χ1n) is 6.13. The molecule has 0 aliphatic carbocycles. The monoisotopic (exact) mass is 311 g/mol. The topological polar surface area (TPSA) is 128 Å². The van der Waals surface area contributed by atoms with Gasteiger partial charge in [-0.15, -0.1) is 0 Å². The fraction of sp³-hybridized carbons (Fsp3) is 0.231. The maximum atomic E-state index is 12.9. The number of nitrogens with one attached hydrogen (secondary N) is 2. The lowest BCUT2D eigenvalue weighted by atomic mass is 10.2. The number of carbonyl (C=O) groups excluding carboxylic acids is 4. The van der Waals surface area contributed by atoms with Crippen LogP contribution in [0.4, 0.5) is 9.18 Å². The number of nitrogens with two attached hydrogens (primary N) is 1. The van der Waals surface area contributed by atoms with Crippen LogP contribution < -0.4 is 16.4 Å². The van der Waals surface area contributed by atoms with Crippen LogP contribution in [0, 0.1) is 5.82 Å². The Morgan fingerprint density at radius 2 is 2.00 bits per heavy atom. The minimum absolute atomic E-state index is 0.0346. The van der Waals surface area contributed by atoms with Gasteiger partial charge in [-0.05, 0) is 25.1 Å². The number of primary amides is 1. The van der Waals surface area contributed by atoms with E-state index in [0.717, 1.165) is 6.07 Å². The second kappa shape index (κ2) is 7.72. The molecule has 8 nitrogen and oxygen atoms in total. The molecule has 0 aliphatic rings. The Hall–Kier alpha value is -2.97. The maximum absolute atomic E-state index is 12.9. The van der Waals surface area contributed by atoms with Crippen molar-refractivity contribution < 1.29 is 28.3 Å². The molecular formula is C13H14FN3O5. The van der Waals surface area contributed by atoms with Gasteiger partial charge in [0.25, 0.3) is 11.8 Å². The average Bonchev–Trinajstić information content (AvgIpc) is 2.43. The smallest absolute Gasteiger partial charge is 0.326 e. The third-order valence-corrected chi connectivity index (χ3v) is 2.40. The third kappa shape index (κ3) is 5.57. The molecule has 1 aromatic carbocycles. The quantitative estimate of drug-likeness (QED) is 0.642. The van der Waals surface area contributed by atoms with Crippen LogP contribution in [0.5, 0.6) is 0 Å². The molecule has 22 heavy (non-hydrogen) atoms. The van der Waals surface area contributed by atoms with E-state index < -0.39 is 42.3 Å². The SMILES string of the molecule is CC(OC(=O)CNC(=O)c1cccc(F)c1)C(=O)NC(N)=O. The van der Waals surface area contributed by atoms with Gasteiger partial charge < -0.3 is 15.8 Å². The number of ether oxygens (including phenoxy) is 1. The fourth-order valence-corrected chi connectivity index (χ4v) is 1.40. The molecule has 0 aromatic heterocycles. The Kier molecular flexibility index (Phi) is 5.99. The van der Waals surface area contributed by atoms with Crippen LogP contribution in [0.2, 0.25) is 0 Å². The van der Waals surface area contributed by atoms with Crippen LogP contribution in [-0.4, -0.2) is 36.5 Å². The van der Waals surface area contributed by atoms with E-state index in [0.29, 0.717) is 0 Å². The van der Waals surface area contributed by atoms with E-state index in [1.54, 1.807) is 5.32 Å². The van der Waals surface area contributed by atoms with Gasteiger partial charge in [0.2, 0.25) is 0 Å². The summed E-state index contributed by atoms with van der Waals surface area (Å²) in [5.74, 6) is -3.06. The average molecular weight is 311 g/mol. The molecule has 0 saturated heterocycles. The summed E-state index contributed by atoms with van der Waals surface area (Å²) in [7, 11) is 0. The molecule has 0 spiro atoms. The number of carbonyl (C=O) groups is 4. The highest BCUT2D eigenvalue weighted by Crippen LogP contribution is 2.03. The van der Waals surface area contributed by atoms with E-state index in [2.05, 4.69) is 10.1 Å². The highest BCUT2D eigenvalue weighted by molar-refractivity contribution is 5.97. The van der Waals surface area contributed by atoms with Gasteiger partial charge in [0.1, 0.15) is 12.4 Å². The summed E-state index contributed by atoms with van der Waals surface area (Å²) in [6.07, 6.45) is -1.26. The predicted octanol–water partition coefficient (Wildman–Crippen LogP) is -0.318. The van der Waals surface area contributed by atoms with Crippen molar-refractivity contribution in [1.29, 1.82) is 0 Å². The molecule has 1 unspecified atom stereocenters. The molecule has 0 heterocycles. The van der Waals surface area contributed by atoms with Gasteiger partial charge in [-0.25, -0.2) is 9.18 Å². The molecule has 0 aliphatic heterocycles. The van der Waals surface area contributed by atoms with Gasteiger partial charge in [-0.3, -0.25) is 19.7 Å². The van der Waals surface area contributed by atoms with Crippen molar-refractivity contribution in [2.75, 3.05) is 6.54 Å². The fourth-order valence-electron chi connectivity index (χ4n) is 1.40. The Balaban J connectivity index is 2.44. The first kappa shape index (κ1) is 17.1. The Labute approximate surface area is 124 Å². The molecule has 1 aromatic rings. The largest absolute Gasteiger partial charge is 0.451 e. The molecule has 9 heteroatoms. The molecule has 1 rings (SSSR count). The van der Waals surface area contributed by atoms with Crippen molar-refractivity contribution in [3.63, 3.8) is 0 Å². The lowest BCUT2D eigenvalue weighted by Crippen LogP contribution is -2.43. The third-order valence-electron chi connectivity index (χ3n) is 2.40. The van der Waals surface area contributed by atoms with Gasteiger partial charge in [-0.1, -0.05) is 6.07 Å². The van der Waals surface area contributed by atoms with Crippen LogP contribution in [0.15, 0.2) is 24.3 Å². The lowest BCUT2D eigenvalue weighted by Gasteiger charge is -2.12. The van der Waals surface area contributed by atoms with Crippen molar-refractivity contribution in [1.82, 2.24) is 10.6 Å². The summed E-state index contributed by atoms with van der Waals surface area (Å²) in [6.45, 7) is 0.702. The highest BCUT2D eigenvalue weighted by Gasteiger charge is 2.19. The number of hydrogen-bond acceptors (Lipinski definition) is 5. The second-order valence-electron chi connectivity index (χ2n) is 4.18. The summed E-state index contributed by atoms with van der Waals surface area (Å²) in [4.78, 5) is 44.8. The summed E-state index contributed by atoms with van der Waals surface area (Å²) in [5, 5.41) is 3.95. The van der Waals surface area contributed by atoms with Crippen LogP contribution in [0.1, 0.15) is 17.3 Å². The Morgan fingerprint density at radius 3 is 2.59 bits per heavy atom. The van der Waals surface area contributed by atoms with E-state index >= 15 is 0 Å². The van der Waals surface area contributed by atoms with Gasteiger partial charge in [0.15, 0.2) is 6.10 Å². The Morgan fingerprint density at radius 1 is 1.32 bits per heavy atom. The zero-order chi connectivity index (χ0) is 16.7. The van der Waals surface area contributed by atoms with Crippen molar-refractivity contribution in [2.45, 2.75) is 13.0 Å². The zero-order valence-corrected chi connectivity index (χ0v) is 11.6. The standard InChI is InChI=1S/C13H14FN3O5/c1-7(11(19)17-13(15)21)22-10(18)6-16-12(20)8-3-2-4-9(14)5-8/h2-5,7H,6H2,1H3,(H,16,20)(H3,15,17,19,21). The highest BCUT2D eigenvalue weighted by atomic mass is 19.1. The van der Waals surface area contributed by atoms with Crippen molar-refractivity contribution in [3.05, 3.63) is 35.6 Å². The first-order chi connectivity index (χ1) is 10.3. The molecular weight excluding hydrogens is 297 g/mol. The molecule has 0 radical (unpaired) electrons. The number of amides is 4. The van der Waals surface area contributed by atoms with E-state index in [9.17, 15) is 23.6 Å². The minimum Gasteiger partial charge on any atom is -0.451 e. The van der Waals surface area contributed by atoms with Crippen LogP contribution in [0.25, 0.3) is 0 Å². The molecule has 118 valence electrons. The normalized spacial score (nSPS) is 11.2. The first-order valence-corrected chi connectivity index (χ1v) is 6.13. The van der Waals surface area contributed by atoms with Crippen LogP contribution in [0.3, 0.4) is 0 Å². The summed E-state index contributed by atoms with van der Waals surface area (Å²) < 4.78 is 17.6. The van der Waals surface area contributed by atoms with Gasteiger partial charge in [0, 0.05) is 5.56 Å². The van der Waals surface area contributed by atoms with E-state index in [4.69, 9.17) is 5.73 Å². The van der Waals surface area contributed by atoms with Crippen molar-refractivity contribution >= 4 is 23.8 Å². The molecule has 0 saturated carbocycles. The van der Waals surface area contributed by atoms with Crippen LogP contribution >= 0.6 is 0 Å². The maximum Gasteiger partial charge on any atom is 0.326 e. The number of rotatable bonds is 5. The molecule has 1 atom stereocenters.